The average molecular weight is 311 g/mol. The lowest BCUT2D eigenvalue weighted by Gasteiger charge is -2.21. The molecular weight excluding hydrogens is 286 g/mol. The molecule has 0 spiro atoms. The van der Waals surface area contributed by atoms with E-state index in [4.69, 9.17) is 0 Å². The summed E-state index contributed by atoms with van der Waals surface area (Å²) in [4.78, 5) is 13.9. The van der Waals surface area contributed by atoms with Crippen molar-refractivity contribution in [2.24, 2.45) is 7.05 Å². The highest BCUT2D eigenvalue weighted by atomic mass is 32.2. The van der Waals surface area contributed by atoms with Crippen LogP contribution in [0.15, 0.2) is 5.16 Å². The zero-order valence-corrected chi connectivity index (χ0v) is 13.9. The van der Waals surface area contributed by atoms with Gasteiger partial charge in [-0.15, -0.1) is 10.2 Å². The molecule has 1 amide bonds. The van der Waals surface area contributed by atoms with Crippen LogP contribution in [-0.4, -0.2) is 57.5 Å². The molecule has 21 heavy (non-hydrogen) atoms. The number of amides is 1. The minimum atomic E-state index is 0.161. The number of aromatic nitrogens is 3. The summed E-state index contributed by atoms with van der Waals surface area (Å²) in [5.41, 5.74) is 0. The minimum Gasteiger partial charge on any atom is -0.343 e. The molecule has 1 unspecified atom stereocenters. The molecule has 1 atom stereocenters. The van der Waals surface area contributed by atoms with E-state index in [1.807, 2.05) is 30.4 Å². The van der Waals surface area contributed by atoms with E-state index in [2.05, 4.69) is 15.5 Å². The monoisotopic (exact) mass is 311 g/mol. The molecule has 0 saturated carbocycles. The first-order valence-corrected chi connectivity index (χ1v) is 8.66. The Hall–Kier alpha value is -1.08. The van der Waals surface area contributed by atoms with Crippen LogP contribution >= 0.6 is 11.8 Å². The van der Waals surface area contributed by atoms with Gasteiger partial charge in [-0.1, -0.05) is 11.8 Å². The van der Waals surface area contributed by atoms with E-state index in [0.29, 0.717) is 11.7 Å². The van der Waals surface area contributed by atoms with Crippen molar-refractivity contribution < 1.29 is 4.79 Å². The Morgan fingerprint density at radius 1 is 1.43 bits per heavy atom. The van der Waals surface area contributed by atoms with E-state index in [0.717, 1.165) is 43.6 Å². The van der Waals surface area contributed by atoms with Gasteiger partial charge in [0.05, 0.1) is 5.75 Å². The van der Waals surface area contributed by atoms with Gasteiger partial charge in [0.25, 0.3) is 0 Å². The van der Waals surface area contributed by atoms with Crippen molar-refractivity contribution in [2.75, 3.05) is 31.9 Å². The SMILES string of the molecule is CCN(CC)C(=O)CSc1nnc(C2CCCNC2)n1C. The largest absolute Gasteiger partial charge is 0.343 e. The highest BCUT2D eigenvalue weighted by Gasteiger charge is 2.22. The third kappa shape index (κ3) is 3.97. The van der Waals surface area contributed by atoms with Gasteiger partial charge in [0.1, 0.15) is 5.82 Å². The van der Waals surface area contributed by atoms with Crippen molar-refractivity contribution in [3.8, 4) is 0 Å². The maximum Gasteiger partial charge on any atom is 0.233 e. The summed E-state index contributed by atoms with van der Waals surface area (Å²) in [5, 5.41) is 12.8. The first-order valence-electron chi connectivity index (χ1n) is 7.67. The van der Waals surface area contributed by atoms with E-state index >= 15 is 0 Å². The molecule has 0 aliphatic carbocycles. The van der Waals surface area contributed by atoms with Gasteiger partial charge in [-0.25, -0.2) is 0 Å². The fourth-order valence-electron chi connectivity index (χ4n) is 2.67. The lowest BCUT2D eigenvalue weighted by molar-refractivity contribution is -0.127. The number of rotatable bonds is 6. The van der Waals surface area contributed by atoms with Gasteiger partial charge in [0.2, 0.25) is 5.91 Å². The van der Waals surface area contributed by atoms with Gasteiger partial charge in [0.15, 0.2) is 5.16 Å². The van der Waals surface area contributed by atoms with E-state index in [-0.39, 0.29) is 5.91 Å². The maximum absolute atomic E-state index is 12.0. The smallest absolute Gasteiger partial charge is 0.233 e. The molecule has 0 aromatic carbocycles. The Bertz CT molecular complexity index is 466. The summed E-state index contributed by atoms with van der Waals surface area (Å²) in [6, 6.07) is 0. The fourth-order valence-corrected chi connectivity index (χ4v) is 3.49. The summed E-state index contributed by atoms with van der Waals surface area (Å²) in [5.74, 6) is 2.05. The molecule has 2 heterocycles. The highest BCUT2D eigenvalue weighted by Crippen LogP contribution is 2.24. The summed E-state index contributed by atoms with van der Waals surface area (Å²) < 4.78 is 2.04. The van der Waals surface area contributed by atoms with Crippen LogP contribution in [0.4, 0.5) is 0 Å². The molecule has 1 aromatic rings. The van der Waals surface area contributed by atoms with Crippen LogP contribution in [-0.2, 0) is 11.8 Å². The molecule has 1 fully saturated rings. The van der Waals surface area contributed by atoms with Crippen LogP contribution in [0.3, 0.4) is 0 Å². The first kappa shape index (κ1) is 16.3. The summed E-state index contributed by atoms with van der Waals surface area (Å²) >= 11 is 1.48. The third-order valence-electron chi connectivity index (χ3n) is 3.97. The van der Waals surface area contributed by atoms with Crippen molar-refractivity contribution in [2.45, 2.75) is 37.8 Å². The van der Waals surface area contributed by atoms with Crippen molar-refractivity contribution in [1.82, 2.24) is 25.0 Å². The predicted molar refractivity (Wildman–Crippen MR) is 84.5 cm³/mol. The maximum atomic E-state index is 12.0. The lowest BCUT2D eigenvalue weighted by Crippen LogP contribution is -2.32. The second kappa shape index (κ2) is 7.79. The molecular formula is C14H25N5OS. The molecule has 0 bridgehead atoms. The minimum absolute atomic E-state index is 0.161. The van der Waals surface area contributed by atoms with Crippen LogP contribution in [0.25, 0.3) is 0 Å². The zero-order chi connectivity index (χ0) is 15.2. The molecule has 1 saturated heterocycles. The van der Waals surface area contributed by atoms with E-state index in [9.17, 15) is 4.79 Å². The second-order valence-corrected chi connectivity index (χ2v) is 6.24. The number of hydrogen-bond donors (Lipinski definition) is 1. The van der Waals surface area contributed by atoms with Crippen LogP contribution in [0, 0.1) is 0 Å². The van der Waals surface area contributed by atoms with Gasteiger partial charge in [-0.2, -0.15) is 0 Å². The molecule has 118 valence electrons. The van der Waals surface area contributed by atoms with Crippen molar-refractivity contribution in [3.05, 3.63) is 5.82 Å². The summed E-state index contributed by atoms with van der Waals surface area (Å²) in [6.07, 6.45) is 2.34. The molecule has 1 aliphatic rings. The first-order chi connectivity index (χ1) is 10.2. The van der Waals surface area contributed by atoms with Crippen molar-refractivity contribution in [1.29, 1.82) is 0 Å². The number of nitrogens with one attached hydrogen (secondary N) is 1. The van der Waals surface area contributed by atoms with Crippen LogP contribution in [0.1, 0.15) is 38.4 Å². The molecule has 2 rings (SSSR count). The number of hydrogen-bond acceptors (Lipinski definition) is 5. The zero-order valence-electron chi connectivity index (χ0n) is 13.1. The standard InChI is InChI=1S/C14H25N5OS/c1-4-19(5-2)12(20)10-21-14-17-16-13(18(14)3)11-7-6-8-15-9-11/h11,15H,4-10H2,1-3H3. The molecule has 1 N–H and O–H groups in total. The number of nitrogens with zero attached hydrogens (tertiary/aromatic N) is 4. The number of carbonyl (C=O) groups excluding carboxylic acids is 1. The number of thioether (sulfide) groups is 1. The molecule has 1 aromatic heterocycles. The van der Waals surface area contributed by atoms with E-state index in [1.165, 1.54) is 18.2 Å². The highest BCUT2D eigenvalue weighted by molar-refractivity contribution is 7.99. The van der Waals surface area contributed by atoms with Crippen LogP contribution < -0.4 is 5.32 Å². The Labute approximate surface area is 130 Å². The van der Waals surface area contributed by atoms with Gasteiger partial charge in [0, 0.05) is 32.6 Å². The van der Waals surface area contributed by atoms with E-state index < -0.39 is 0 Å². The Kier molecular flexibility index (Phi) is 6.05. The Balaban J connectivity index is 1.95. The number of carbonyl (C=O) groups is 1. The van der Waals surface area contributed by atoms with Crippen LogP contribution in [0.5, 0.6) is 0 Å². The molecule has 6 nitrogen and oxygen atoms in total. The Morgan fingerprint density at radius 3 is 2.81 bits per heavy atom. The van der Waals surface area contributed by atoms with Crippen molar-refractivity contribution >= 4 is 17.7 Å². The summed E-state index contributed by atoms with van der Waals surface area (Å²) in [7, 11) is 1.99. The lowest BCUT2D eigenvalue weighted by atomic mass is 9.99. The van der Waals surface area contributed by atoms with Gasteiger partial charge in [-0.05, 0) is 33.2 Å². The normalized spacial score (nSPS) is 18.7. The van der Waals surface area contributed by atoms with Crippen LogP contribution in [0.2, 0.25) is 0 Å². The third-order valence-corrected chi connectivity index (χ3v) is 4.98. The average Bonchev–Trinajstić information content (AvgIpc) is 2.88. The van der Waals surface area contributed by atoms with Gasteiger partial charge >= 0.3 is 0 Å². The quantitative estimate of drug-likeness (QED) is 0.801. The second-order valence-electron chi connectivity index (χ2n) is 5.30. The fraction of sp³-hybridized carbons (Fsp3) is 0.786. The number of piperidine rings is 1. The molecule has 1 aliphatic heterocycles. The molecule has 0 radical (unpaired) electrons. The predicted octanol–water partition coefficient (Wildman–Crippen LogP) is 1.24. The Morgan fingerprint density at radius 2 is 2.19 bits per heavy atom. The molecule has 7 heteroatoms. The van der Waals surface area contributed by atoms with Crippen molar-refractivity contribution in [3.63, 3.8) is 0 Å². The van der Waals surface area contributed by atoms with E-state index in [1.54, 1.807) is 0 Å². The van der Waals surface area contributed by atoms with Gasteiger partial charge < -0.3 is 14.8 Å². The summed E-state index contributed by atoms with van der Waals surface area (Å²) in [6.45, 7) is 7.58. The van der Waals surface area contributed by atoms with Gasteiger partial charge in [-0.3, -0.25) is 4.79 Å². The topological polar surface area (TPSA) is 63.1 Å².